The SMILES string of the molecule is Cl.O=C(NO)c1cnc(N2CCC3(CN(CC4CCCCC4)C3)C2)nc1. The second-order valence-electron chi connectivity index (χ2n) is 8.06. The van der Waals surface area contributed by atoms with Gasteiger partial charge in [-0.05, 0) is 25.2 Å². The van der Waals surface area contributed by atoms with E-state index in [1.165, 1.54) is 70.6 Å². The van der Waals surface area contributed by atoms with E-state index in [-0.39, 0.29) is 18.0 Å². The van der Waals surface area contributed by atoms with Crippen LogP contribution in [0.25, 0.3) is 0 Å². The predicted octanol–water partition coefficient (Wildman–Crippen LogP) is 2.11. The van der Waals surface area contributed by atoms with Crippen molar-refractivity contribution in [2.45, 2.75) is 38.5 Å². The van der Waals surface area contributed by atoms with Gasteiger partial charge in [0.05, 0.1) is 5.56 Å². The molecule has 1 aliphatic carbocycles. The number of carbonyl (C=O) groups excluding carboxylic acids is 1. The third-order valence-electron chi connectivity index (χ3n) is 6.08. The maximum atomic E-state index is 11.3. The van der Waals surface area contributed by atoms with E-state index in [1.807, 2.05) is 0 Å². The molecule has 1 spiro atoms. The number of nitrogens with one attached hydrogen (secondary N) is 1. The zero-order valence-electron chi connectivity index (χ0n) is 15.1. The Morgan fingerprint density at radius 3 is 2.54 bits per heavy atom. The highest BCUT2D eigenvalue weighted by atomic mass is 35.5. The van der Waals surface area contributed by atoms with E-state index in [1.54, 1.807) is 5.48 Å². The van der Waals surface area contributed by atoms with Crippen LogP contribution in [0.15, 0.2) is 12.4 Å². The monoisotopic (exact) mass is 381 g/mol. The number of carbonyl (C=O) groups is 1. The number of aromatic nitrogens is 2. The first kappa shape index (κ1) is 19.3. The average molecular weight is 382 g/mol. The van der Waals surface area contributed by atoms with Gasteiger partial charge >= 0.3 is 0 Å². The third kappa shape index (κ3) is 3.94. The van der Waals surface area contributed by atoms with Crippen LogP contribution in [0.5, 0.6) is 0 Å². The normalized spacial score (nSPS) is 22.7. The Labute approximate surface area is 160 Å². The Bertz CT molecular complexity index is 615. The lowest BCUT2D eigenvalue weighted by molar-refractivity contribution is 0.00230. The van der Waals surface area contributed by atoms with Crippen LogP contribution >= 0.6 is 12.4 Å². The van der Waals surface area contributed by atoms with Crippen LogP contribution in [-0.2, 0) is 0 Å². The van der Waals surface area contributed by atoms with Gasteiger partial charge in [-0.3, -0.25) is 10.0 Å². The van der Waals surface area contributed by atoms with Gasteiger partial charge in [0.2, 0.25) is 5.95 Å². The number of nitrogens with zero attached hydrogens (tertiary/aromatic N) is 4. The van der Waals surface area contributed by atoms with E-state index in [0.717, 1.165) is 19.0 Å². The molecule has 26 heavy (non-hydrogen) atoms. The van der Waals surface area contributed by atoms with Crippen LogP contribution in [0.3, 0.4) is 0 Å². The van der Waals surface area contributed by atoms with Gasteiger partial charge in [-0.2, -0.15) is 0 Å². The van der Waals surface area contributed by atoms with Crippen molar-refractivity contribution in [2.75, 3.05) is 37.6 Å². The Balaban J connectivity index is 0.00000196. The summed E-state index contributed by atoms with van der Waals surface area (Å²) in [4.78, 5) is 24.8. The third-order valence-corrected chi connectivity index (χ3v) is 6.08. The number of anilines is 1. The van der Waals surface area contributed by atoms with E-state index in [2.05, 4.69) is 19.8 Å². The van der Waals surface area contributed by atoms with Crippen LogP contribution in [0, 0.1) is 11.3 Å². The lowest BCUT2D eigenvalue weighted by Gasteiger charge is -2.49. The topological polar surface area (TPSA) is 81.6 Å². The summed E-state index contributed by atoms with van der Waals surface area (Å²) < 4.78 is 0. The number of hydrogen-bond acceptors (Lipinski definition) is 6. The first-order valence-corrected chi connectivity index (χ1v) is 9.41. The summed E-state index contributed by atoms with van der Waals surface area (Å²) in [5, 5.41) is 8.65. The molecule has 0 radical (unpaired) electrons. The van der Waals surface area contributed by atoms with Crippen LogP contribution in [0.2, 0.25) is 0 Å². The molecule has 2 N–H and O–H groups in total. The second-order valence-corrected chi connectivity index (χ2v) is 8.06. The maximum absolute atomic E-state index is 11.3. The molecule has 3 fully saturated rings. The molecular formula is C18H28ClN5O2. The van der Waals surface area contributed by atoms with E-state index in [4.69, 9.17) is 5.21 Å². The molecule has 3 aliphatic rings. The van der Waals surface area contributed by atoms with Crippen LogP contribution < -0.4 is 10.4 Å². The van der Waals surface area contributed by atoms with Crippen molar-refractivity contribution >= 4 is 24.3 Å². The lowest BCUT2D eigenvalue weighted by Crippen LogP contribution is -2.58. The van der Waals surface area contributed by atoms with E-state index in [0.29, 0.717) is 11.4 Å². The van der Waals surface area contributed by atoms with Gasteiger partial charge in [-0.25, -0.2) is 15.4 Å². The molecule has 144 valence electrons. The number of hydrogen-bond donors (Lipinski definition) is 2. The molecule has 2 saturated heterocycles. The first-order chi connectivity index (χ1) is 12.2. The largest absolute Gasteiger partial charge is 0.340 e. The molecule has 1 amide bonds. The molecule has 0 aromatic carbocycles. The molecule has 0 atom stereocenters. The number of rotatable bonds is 4. The lowest BCUT2D eigenvalue weighted by atomic mass is 9.77. The minimum absolute atomic E-state index is 0. The van der Waals surface area contributed by atoms with Crippen molar-refractivity contribution in [2.24, 2.45) is 11.3 Å². The second kappa shape index (κ2) is 8.06. The highest BCUT2D eigenvalue weighted by molar-refractivity contribution is 5.92. The van der Waals surface area contributed by atoms with Gasteiger partial charge in [0.1, 0.15) is 0 Å². The van der Waals surface area contributed by atoms with Gasteiger partial charge in [0, 0.05) is 50.5 Å². The quantitative estimate of drug-likeness (QED) is 0.614. The molecule has 1 aromatic heterocycles. The van der Waals surface area contributed by atoms with Crippen molar-refractivity contribution in [1.82, 2.24) is 20.3 Å². The summed E-state index contributed by atoms with van der Waals surface area (Å²) in [5.41, 5.74) is 2.27. The van der Waals surface area contributed by atoms with Crippen LogP contribution in [-0.4, -0.2) is 58.7 Å². The fourth-order valence-corrected chi connectivity index (χ4v) is 4.80. The van der Waals surface area contributed by atoms with Crippen molar-refractivity contribution in [3.63, 3.8) is 0 Å². The molecule has 8 heteroatoms. The zero-order valence-corrected chi connectivity index (χ0v) is 15.9. The number of halogens is 1. The number of amides is 1. The molecule has 1 saturated carbocycles. The molecule has 0 bridgehead atoms. The Hall–Kier alpha value is -1.44. The molecule has 7 nitrogen and oxygen atoms in total. The van der Waals surface area contributed by atoms with Crippen LogP contribution in [0.4, 0.5) is 5.95 Å². The molecular weight excluding hydrogens is 354 g/mol. The molecule has 2 aliphatic heterocycles. The fourth-order valence-electron chi connectivity index (χ4n) is 4.80. The molecule has 3 heterocycles. The van der Waals surface area contributed by atoms with Crippen molar-refractivity contribution in [3.8, 4) is 0 Å². The van der Waals surface area contributed by atoms with E-state index >= 15 is 0 Å². The average Bonchev–Trinajstić information content (AvgIpc) is 3.07. The summed E-state index contributed by atoms with van der Waals surface area (Å²) in [6.07, 6.45) is 11.2. The standard InChI is InChI=1S/C18H27N5O2.ClH/c24-16(21-25)15-8-19-17(20-9-15)23-7-6-18(13-23)11-22(12-18)10-14-4-2-1-3-5-14;/h8-9,14,25H,1-7,10-13H2,(H,21,24);1H. The maximum Gasteiger partial charge on any atom is 0.277 e. The summed E-state index contributed by atoms with van der Waals surface area (Å²) >= 11 is 0. The van der Waals surface area contributed by atoms with Gasteiger partial charge in [-0.1, -0.05) is 19.3 Å². The van der Waals surface area contributed by atoms with E-state index < -0.39 is 5.91 Å². The van der Waals surface area contributed by atoms with Gasteiger partial charge < -0.3 is 9.80 Å². The number of hydroxylamine groups is 1. The minimum atomic E-state index is -0.582. The molecule has 4 rings (SSSR count). The summed E-state index contributed by atoms with van der Waals surface area (Å²) in [6, 6.07) is 0. The Kier molecular flexibility index (Phi) is 5.99. The smallest absolute Gasteiger partial charge is 0.277 e. The van der Waals surface area contributed by atoms with Crippen LogP contribution in [0.1, 0.15) is 48.9 Å². The van der Waals surface area contributed by atoms with Gasteiger partial charge in [0.25, 0.3) is 5.91 Å². The Morgan fingerprint density at radius 1 is 1.19 bits per heavy atom. The molecule has 0 unspecified atom stereocenters. The highest BCUT2D eigenvalue weighted by Crippen LogP contribution is 2.41. The fraction of sp³-hybridized carbons (Fsp3) is 0.722. The van der Waals surface area contributed by atoms with Crippen molar-refractivity contribution in [1.29, 1.82) is 0 Å². The van der Waals surface area contributed by atoms with Gasteiger partial charge in [0.15, 0.2) is 0 Å². The van der Waals surface area contributed by atoms with Crippen molar-refractivity contribution in [3.05, 3.63) is 18.0 Å². The summed E-state index contributed by atoms with van der Waals surface area (Å²) in [6.45, 7) is 5.65. The first-order valence-electron chi connectivity index (χ1n) is 9.41. The summed E-state index contributed by atoms with van der Waals surface area (Å²) in [7, 11) is 0. The van der Waals surface area contributed by atoms with E-state index in [9.17, 15) is 4.79 Å². The minimum Gasteiger partial charge on any atom is -0.340 e. The van der Waals surface area contributed by atoms with Gasteiger partial charge in [-0.15, -0.1) is 12.4 Å². The summed E-state index contributed by atoms with van der Waals surface area (Å²) in [5.74, 6) is 1.01. The zero-order chi connectivity index (χ0) is 17.3. The number of likely N-dealkylation sites (tertiary alicyclic amines) is 1. The van der Waals surface area contributed by atoms with Crippen molar-refractivity contribution < 1.29 is 10.0 Å². The highest BCUT2D eigenvalue weighted by Gasteiger charge is 2.48. The Morgan fingerprint density at radius 2 is 1.88 bits per heavy atom. The molecule has 1 aromatic rings. The predicted molar refractivity (Wildman–Crippen MR) is 101 cm³/mol.